The van der Waals surface area contributed by atoms with E-state index >= 15 is 0 Å². The van der Waals surface area contributed by atoms with E-state index in [0.29, 0.717) is 19.5 Å². The molecule has 0 radical (unpaired) electrons. The van der Waals surface area contributed by atoms with Crippen molar-refractivity contribution in [2.45, 2.75) is 52.1 Å². The normalized spacial score (nSPS) is 11.5. The Kier molecular flexibility index (Phi) is 7.50. The fourth-order valence-electron chi connectivity index (χ4n) is 3.62. The molecule has 0 unspecified atom stereocenters. The number of nitrogens with one attached hydrogen (secondary N) is 1. The van der Waals surface area contributed by atoms with Gasteiger partial charge in [0, 0.05) is 42.2 Å². The molecule has 2 aromatic carbocycles. The van der Waals surface area contributed by atoms with Gasteiger partial charge in [-0.1, -0.05) is 42.5 Å². The van der Waals surface area contributed by atoms with Crippen LogP contribution in [0.5, 0.6) is 0 Å². The third-order valence-electron chi connectivity index (χ3n) is 5.15. The summed E-state index contributed by atoms with van der Waals surface area (Å²) in [5.41, 5.74) is 4.09. The Labute approximate surface area is 184 Å². The first-order valence-corrected chi connectivity index (χ1v) is 10.9. The number of fused-ring (bicyclic) bond motifs is 1. The van der Waals surface area contributed by atoms with E-state index in [1.165, 1.54) is 16.5 Å². The first kappa shape index (κ1) is 22.6. The van der Waals surface area contributed by atoms with Gasteiger partial charge in [-0.15, -0.1) is 0 Å². The molecule has 164 valence electrons. The fourth-order valence-corrected chi connectivity index (χ4v) is 3.62. The summed E-state index contributed by atoms with van der Waals surface area (Å²) in [4.78, 5) is 28.4. The number of hydrogen-bond acceptors (Lipinski definition) is 3. The molecule has 1 aromatic heterocycles. The molecule has 1 N–H and O–H groups in total. The second kappa shape index (κ2) is 10.3. The second-order valence-corrected chi connectivity index (χ2v) is 8.83. The molecule has 0 bridgehead atoms. The summed E-state index contributed by atoms with van der Waals surface area (Å²) < 4.78 is 5.59. The molecule has 0 saturated carbocycles. The Hall–Kier alpha value is -3.08. The van der Waals surface area contributed by atoms with Crippen molar-refractivity contribution < 1.29 is 14.3 Å². The molecule has 0 aliphatic rings. The number of ether oxygens (including phenoxy) is 1. The van der Waals surface area contributed by atoms with E-state index in [0.717, 1.165) is 36.6 Å². The minimum absolute atomic E-state index is 0.300. The number of nitrogens with zero attached hydrogens (tertiary/aromatic N) is 1. The van der Waals surface area contributed by atoms with Gasteiger partial charge in [-0.3, -0.25) is 0 Å². The summed E-state index contributed by atoms with van der Waals surface area (Å²) in [5, 5.41) is 1.20. The van der Waals surface area contributed by atoms with Gasteiger partial charge in [0.2, 0.25) is 0 Å². The van der Waals surface area contributed by atoms with Crippen LogP contribution in [0.1, 0.15) is 45.6 Å². The monoisotopic (exact) mass is 420 g/mol. The van der Waals surface area contributed by atoms with Crippen LogP contribution in [0.15, 0.2) is 54.7 Å². The molecule has 31 heavy (non-hydrogen) atoms. The second-order valence-electron chi connectivity index (χ2n) is 8.83. The van der Waals surface area contributed by atoms with Crippen LogP contribution in [0.4, 0.5) is 4.79 Å². The molecule has 1 heterocycles. The van der Waals surface area contributed by atoms with E-state index in [1.807, 2.05) is 39.1 Å². The largest absolute Gasteiger partial charge is 0.444 e. The first-order valence-electron chi connectivity index (χ1n) is 10.9. The van der Waals surface area contributed by atoms with Gasteiger partial charge < -0.3 is 19.4 Å². The number of aromatic nitrogens is 1. The molecule has 0 atom stereocenters. The molecular weight excluding hydrogens is 388 g/mol. The highest BCUT2D eigenvalue weighted by Crippen LogP contribution is 2.29. The summed E-state index contributed by atoms with van der Waals surface area (Å²) in [6.45, 7) is 6.79. The number of hydrogen-bond donors (Lipinski definition) is 1. The molecule has 1 amide bonds. The van der Waals surface area contributed by atoms with Crippen molar-refractivity contribution in [1.29, 1.82) is 0 Å². The van der Waals surface area contributed by atoms with Crippen molar-refractivity contribution in [3.63, 3.8) is 0 Å². The van der Waals surface area contributed by atoms with Crippen LogP contribution in [0, 0.1) is 0 Å². The summed E-state index contributed by atoms with van der Waals surface area (Å²) in [7, 11) is 0. The number of amides is 1. The van der Waals surface area contributed by atoms with E-state index in [1.54, 1.807) is 4.90 Å². The van der Waals surface area contributed by atoms with Crippen molar-refractivity contribution in [3.8, 4) is 11.1 Å². The number of H-pyrrole nitrogens is 1. The predicted molar refractivity (Wildman–Crippen MR) is 125 cm³/mol. The van der Waals surface area contributed by atoms with Gasteiger partial charge in [-0.2, -0.15) is 0 Å². The van der Waals surface area contributed by atoms with Gasteiger partial charge >= 0.3 is 6.09 Å². The van der Waals surface area contributed by atoms with Crippen LogP contribution < -0.4 is 0 Å². The molecular formula is C26H32N2O3. The number of aromatic amines is 1. The van der Waals surface area contributed by atoms with Crippen LogP contribution in [-0.2, 0) is 16.0 Å². The van der Waals surface area contributed by atoms with Crippen molar-refractivity contribution in [1.82, 2.24) is 9.88 Å². The molecule has 0 spiro atoms. The van der Waals surface area contributed by atoms with Gasteiger partial charge in [0.15, 0.2) is 0 Å². The van der Waals surface area contributed by atoms with E-state index < -0.39 is 5.60 Å². The summed E-state index contributed by atoms with van der Waals surface area (Å²) in [6, 6.07) is 16.7. The first-order chi connectivity index (χ1) is 14.9. The number of para-hydroxylation sites is 1. The zero-order valence-electron chi connectivity index (χ0n) is 18.7. The highest BCUT2D eigenvalue weighted by Gasteiger charge is 2.21. The van der Waals surface area contributed by atoms with Crippen LogP contribution in [0.2, 0.25) is 0 Å². The number of aldehydes is 1. The van der Waals surface area contributed by atoms with E-state index in [2.05, 4.69) is 41.4 Å². The molecule has 5 nitrogen and oxygen atoms in total. The zero-order chi connectivity index (χ0) is 22.3. The highest BCUT2D eigenvalue weighted by molar-refractivity contribution is 5.95. The van der Waals surface area contributed by atoms with Gasteiger partial charge in [-0.25, -0.2) is 4.79 Å². The Bertz CT molecular complexity index is 1020. The standard InChI is InChI=1S/C26H32N2O3/c1-26(2,3)31-25(30)28(15-7-4-8-17-29)16-14-20-10-9-11-21(18-20)23-19-27-24-13-6-5-12-22(23)24/h5-6,9-13,17-19,27H,4,7-8,14-16H2,1-3H3. The lowest BCUT2D eigenvalue weighted by molar-refractivity contribution is -0.107. The molecule has 5 heteroatoms. The maximum Gasteiger partial charge on any atom is 0.410 e. The van der Waals surface area contributed by atoms with Crippen LogP contribution >= 0.6 is 0 Å². The van der Waals surface area contributed by atoms with Gasteiger partial charge in [0.25, 0.3) is 0 Å². The number of benzene rings is 2. The molecule has 3 rings (SSSR count). The molecule has 0 aliphatic carbocycles. The third-order valence-corrected chi connectivity index (χ3v) is 5.15. The van der Waals surface area contributed by atoms with Crippen molar-refractivity contribution >= 4 is 23.3 Å². The summed E-state index contributed by atoms with van der Waals surface area (Å²) in [6.07, 6.45) is 5.49. The molecule has 0 fully saturated rings. The Morgan fingerprint density at radius 1 is 1.06 bits per heavy atom. The quantitative estimate of drug-likeness (QED) is 0.342. The van der Waals surface area contributed by atoms with E-state index in [4.69, 9.17) is 4.74 Å². The molecule has 0 aliphatic heterocycles. The lowest BCUT2D eigenvalue weighted by atomic mass is 10.0. The Morgan fingerprint density at radius 3 is 2.65 bits per heavy atom. The zero-order valence-corrected chi connectivity index (χ0v) is 18.7. The average Bonchev–Trinajstić information content (AvgIpc) is 3.16. The molecule has 0 saturated heterocycles. The Morgan fingerprint density at radius 2 is 1.87 bits per heavy atom. The van der Waals surface area contributed by atoms with Crippen molar-refractivity contribution in [2.24, 2.45) is 0 Å². The van der Waals surface area contributed by atoms with Gasteiger partial charge in [0.1, 0.15) is 11.9 Å². The van der Waals surface area contributed by atoms with Gasteiger partial charge in [-0.05, 0) is 57.2 Å². The number of carbonyl (C=O) groups is 2. The minimum Gasteiger partial charge on any atom is -0.444 e. The smallest absolute Gasteiger partial charge is 0.410 e. The van der Waals surface area contributed by atoms with E-state index in [9.17, 15) is 9.59 Å². The highest BCUT2D eigenvalue weighted by atomic mass is 16.6. The number of carbonyl (C=O) groups excluding carboxylic acids is 2. The van der Waals surface area contributed by atoms with Crippen LogP contribution in [0.25, 0.3) is 22.0 Å². The SMILES string of the molecule is CC(C)(C)OC(=O)N(CCCCC=O)CCc1cccc(-c2c[nH]c3ccccc23)c1. The maximum atomic E-state index is 12.7. The topological polar surface area (TPSA) is 62.4 Å². The molecule has 3 aromatic rings. The van der Waals surface area contributed by atoms with E-state index in [-0.39, 0.29) is 6.09 Å². The summed E-state index contributed by atoms with van der Waals surface area (Å²) in [5.74, 6) is 0. The summed E-state index contributed by atoms with van der Waals surface area (Å²) >= 11 is 0. The maximum absolute atomic E-state index is 12.7. The minimum atomic E-state index is -0.534. The lowest BCUT2D eigenvalue weighted by Crippen LogP contribution is -2.38. The fraction of sp³-hybridized carbons (Fsp3) is 0.385. The lowest BCUT2D eigenvalue weighted by Gasteiger charge is -2.27. The third kappa shape index (κ3) is 6.45. The van der Waals surface area contributed by atoms with Crippen molar-refractivity contribution in [2.75, 3.05) is 13.1 Å². The predicted octanol–water partition coefficient (Wildman–Crippen LogP) is 5.98. The Balaban J connectivity index is 1.71. The average molecular weight is 421 g/mol. The van der Waals surface area contributed by atoms with Gasteiger partial charge in [0.05, 0.1) is 0 Å². The van der Waals surface area contributed by atoms with Crippen LogP contribution in [-0.4, -0.2) is 41.0 Å². The number of rotatable bonds is 9. The number of unbranched alkanes of at least 4 members (excludes halogenated alkanes) is 2. The van der Waals surface area contributed by atoms with Crippen molar-refractivity contribution in [3.05, 3.63) is 60.3 Å². The van der Waals surface area contributed by atoms with Crippen LogP contribution in [0.3, 0.4) is 0 Å².